The molecule has 0 unspecified atom stereocenters. The van der Waals surface area contributed by atoms with Crippen LogP contribution in [-0.2, 0) is 0 Å². The van der Waals surface area contributed by atoms with Gasteiger partial charge in [0.05, 0.1) is 6.20 Å². The van der Waals surface area contributed by atoms with E-state index < -0.39 is 0 Å². The number of H-pyrrole nitrogens is 1. The molecule has 7 heteroatoms. The van der Waals surface area contributed by atoms with Crippen molar-refractivity contribution in [3.63, 3.8) is 0 Å². The van der Waals surface area contributed by atoms with E-state index in [9.17, 15) is 0 Å². The van der Waals surface area contributed by atoms with Crippen LogP contribution in [0.3, 0.4) is 0 Å². The van der Waals surface area contributed by atoms with E-state index in [1.54, 1.807) is 6.07 Å². The summed E-state index contributed by atoms with van der Waals surface area (Å²) in [6.45, 7) is 0. The van der Waals surface area contributed by atoms with Crippen LogP contribution in [0.25, 0.3) is 11.5 Å². The zero-order valence-electron chi connectivity index (χ0n) is 5.34. The summed E-state index contributed by atoms with van der Waals surface area (Å²) < 4.78 is 0. The van der Waals surface area contributed by atoms with E-state index in [2.05, 4.69) is 36.0 Å². The van der Waals surface area contributed by atoms with Gasteiger partial charge in [-0.05, 0) is 16.5 Å². The lowest BCUT2D eigenvalue weighted by molar-refractivity contribution is 0.864. The van der Waals surface area contributed by atoms with Crippen LogP contribution in [0.15, 0.2) is 12.3 Å². The number of rotatable bonds is 1. The van der Waals surface area contributed by atoms with Crippen LogP contribution in [0.2, 0.25) is 0 Å². The molecule has 0 saturated carbocycles. The summed E-state index contributed by atoms with van der Waals surface area (Å²) in [5, 5.41) is 23.7. The molecule has 0 aromatic carbocycles. The first-order valence-electron chi connectivity index (χ1n) is 2.85. The molecule has 2 rings (SSSR count). The summed E-state index contributed by atoms with van der Waals surface area (Å²) in [7, 11) is 0. The van der Waals surface area contributed by atoms with E-state index in [4.69, 9.17) is 0 Å². The maximum Gasteiger partial charge on any atom is 0.224 e. The average Bonchev–Trinajstić information content (AvgIpc) is 2.58. The van der Waals surface area contributed by atoms with Crippen molar-refractivity contribution >= 4 is 0 Å². The minimum Gasteiger partial charge on any atom is -0.177 e. The largest absolute Gasteiger partial charge is 0.224 e. The van der Waals surface area contributed by atoms with Gasteiger partial charge in [-0.25, -0.2) is 0 Å². The zero-order valence-corrected chi connectivity index (χ0v) is 5.34. The van der Waals surface area contributed by atoms with E-state index in [0.29, 0.717) is 11.5 Å². The van der Waals surface area contributed by atoms with E-state index in [0.717, 1.165) is 0 Å². The van der Waals surface area contributed by atoms with E-state index in [-0.39, 0.29) is 0 Å². The molecule has 7 nitrogen and oxygen atoms in total. The van der Waals surface area contributed by atoms with Gasteiger partial charge in [0.25, 0.3) is 0 Å². The van der Waals surface area contributed by atoms with Crippen LogP contribution < -0.4 is 0 Å². The van der Waals surface area contributed by atoms with Crippen molar-refractivity contribution in [2.24, 2.45) is 0 Å². The van der Waals surface area contributed by atoms with Crippen molar-refractivity contribution in [3.05, 3.63) is 12.3 Å². The number of hydrogen-bond donors (Lipinski definition) is 1. The summed E-state index contributed by atoms with van der Waals surface area (Å²) in [6, 6.07) is 1.65. The Bertz CT molecular complexity index is 313. The maximum absolute atomic E-state index is 3.71. The van der Waals surface area contributed by atoms with Crippen LogP contribution in [0.5, 0.6) is 0 Å². The fourth-order valence-electron chi connectivity index (χ4n) is 0.631. The minimum atomic E-state index is 0.417. The van der Waals surface area contributed by atoms with Crippen LogP contribution >= 0.6 is 0 Å². The summed E-state index contributed by atoms with van der Waals surface area (Å²) in [5.74, 6) is 0.417. The third kappa shape index (κ3) is 1.02. The zero-order chi connectivity index (χ0) is 7.52. The summed E-state index contributed by atoms with van der Waals surface area (Å²) in [5.41, 5.74) is 0.550. The second kappa shape index (κ2) is 2.37. The van der Waals surface area contributed by atoms with Crippen LogP contribution in [0.1, 0.15) is 0 Å². The smallest absolute Gasteiger partial charge is 0.177 e. The fourth-order valence-corrected chi connectivity index (χ4v) is 0.631. The Morgan fingerprint density at radius 2 is 2.27 bits per heavy atom. The molecule has 0 bridgehead atoms. The monoisotopic (exact) mass is 149 g/mol. The van der Waals surface area contributed by atoms with Crippen molar-refractivity contribution in [2.45, 2.75) is 0 Å². The van der Waals surface area contributed by atoms with Crippen LogP contribution in [-0.4, -0.2) is 36.0 Å². The highest BCUT2D eigenvalue weighted by molar-refractivity contribution is 5.44. The molecule has 0 spiro atoms. The Morgan fingerprint density at radius 1 is 1.27 bits per heavy atom. The third-order valence-corrected chi connectivity index (χ3v) is 1.08. The first-order chi connectivity index (χ1) is 5.47. The first-order valence-corrected chi connectivity index (χ1v) is 2.85. The van der Waals surface area contributed by atoms with Gasteiger partial charge in [-0.15, -0.1) is 20.4 Å². The molecule has 0 aliphatic heterocycles. The Hall–Kier alpha value is -1.92. The van der Waals surface area contributed by atoms with Gasteiger partial charge >= 0.3 is 0 Å². The topological polar surface area (TPSA) is 93.1 Å². The van der Waals surface area contributed by atoms with Crippen molar-refractivity contribution in [3.8, 4) is 11.5 Å². The normalized spacial score (nSPS) is 9.82. The summed E-state index contributed by atoms with van der Waals surface area (Å²) >= 11 is 0. The number of nitrogens with one attached hydrogen (secondary N) is 1. The van der Waals surface area contributed by atoms with E-state index >= 15 is 0 Å². The van der Waals surface area contributed by atoms with Gasteiger partial charge in [0.2, 0.25) is 5.82 Å². The number of aromatic amines is 1. The molecule has 0 saturated heterocycles. The number of nitrogens with zero attached hydrogens (tertiary/aromatic N) is 6. The fraction of sp³-hybridized carbons (Fsp3) is 0. The molecular weight excluding hydrogens is 146 g/mol. The maximum atomic E-state index is 3.71. The Kier molecular flexibility index (Phi) is 1.26. The highest BCUT2D eigenvalue weighted by Gasteiger charge is 2.02. The third-order valence-electron chi connectivity index (χ3n) is 1.08. The quantitative estimate of drug-likeness (QED) is 0.562. The van der Waals surface area contributed by atoms with Gasteiger partial charge in [-0.2, -0.15) is 5.21 Å². The highest BCUT2D eigenvalue weighted by Crippen LogP contribution is 2.03. The molecule has 2 aromatic rings. The van der Waals surface area contributed by atoms with E-state index in [1.165, 1.54) is 6.20 Å². The molecular formula is C4H3N7. The van der Waals surface area contributed by atoms with Gasteiger partial charge in [0.15, 0.2) is 0 Å². The van der Waals surface area contributed by atoms with Crippen molar-refractivity contribution < 1.29 is 0 Å². The second-order valence-electron chi connectivity index (χ2n) is 1.74. The summed E-state index contributed by atoms with van der Waals surface area (Å²) in [6.07, 6.45) is 1.51. The lowest BCUT2D eigenvalue weighted by Crippen LogP contribution is -1.90. The Morgan fingerprint density at radius 3 is 2.91 bits per heavy atom. The molecule has 2 heterocycles. The van der Waals surface area contributed by atoms with Gasteiger partial charge in [-0.3, -0.25) is 0 Å². The van der Waals surface area contributed by atoms with Crippen molar-refractivity contribution in [1.82, 2.24) is 36.0 Å². The molecule has 0 amide bonds. The number of hydrogen-bond acceptors (Lipinski definition) is 6. The Balaban J connectivity index is 2.46. The molecule has 0 fully saturated rings. The number of tetrazole rings is 1. The SMILES string of the molecule is c1cc(-c2nn[nH]n2)nnn1. The molecule has 0 atom stereocenters. The predicted molar refractivity (Wildman–Crippen MR) is 33.0 cm³/mol. The predicted octanol–water partition coefficient (Wildman–Crippen LogP) is -0.948. The average molecular weight is 149 g/mol. The van der Waals surface area contributed by atoms with Crippen LogP contribution in [0, 0.1) is 0 Å². The minimum absolute atomic E-state index is 0.417. The molecule has 0 aliphatic carbocycles. The highest BCUT2D eigenvalue weighted by atomic mass is 15.5. The molecule has 2 aromatic heterocycles. The van der Waals surface area contributed by atoms with Crippen molar-refractivity contribution in [2.75, 3.05) is 0 Å². The molecule has 11 heavy (non-hydrogen) atoms. The standard InChI is InChI=1S/C4H3N7/c1-2-5-9-6-3(1)4-7-10-11-8-4/h1-2H,(H,7,8,10,11). The lowest BCUT2D eigenvalue weighted by atomic mass is 10.4. The first kappa shape index (κ1) is 5.83. The molecule has 1 N–H and O–H groups in total. The van der Waals surface area contributed by atoms with Gasteiger partial charge < -0.3 is 0 Å². The van der Waals surface area contributed by atoms with Crippen molar-refractivity contribution in [1.29, 1.82) is 0 Å². The van der Waals surface area contributed by atoms with Gasteiger partial charge in [0, 0.05) is 0 Å². The molecule has 0 aliphatic rings. The van der Waals surface area contributed by atoms with Gasteiger partial charge in [0.1, 0.15) is 5.69 Å². The summed E-state index contributed by atoms with van der Waals surface area (Å²) in [4.78, 5) is 0. The second-order valence-corrected chi connectivity index (χ2v) is 1.74. The van der Waals surface area contributed by atoms with Crippen LogP contribution in [0.4, 0.5) is 0 Å². The number of aromatic nitrogens is 7. The molecule has 54 valence electrons. The Labute approximate surface area is 60.9 Å². The lowest BCUT2D eigenvalue weighted by Gasteiger charge is -1.85. The van der Waals surface area contributed by atoms with E-state index in [1.807, 2.05) is 0 Å². The van der Waals surface area contributed by atoms with Gasteiger partial charge in [-0.1, -0.05) is 0 Å². The molecule has 0 radical (unpaired) electrons.